The summed E-state index contributed by atoms with van der Waals surface area (Å²) < 4.78 is 5.55. The Morgan fingerprint density at radius 3 is 2.50 bits per heavy atom. The number of nitrogens with one attached hydrogen (secondary N) is 1. The smallest absolute Gasteiger partial charge is 0.0561 e. The zero-order valence-corrected chi connectivity index (χ0v) is 9.62. The Morgan fingerprint density at radius 2 is 1.93 bits per heavy atom. The van der Waals surface area contributed by atoms with Crippen molar-refractivity contribution in [2.75, 3.05) is 6.61 Å². The zero-order chi connectivity index (χ0) is 10.1. The molecule has 5 atom stereocenters. The lowest BCUT2D eigenvalue weighted by atomic mass is 9.71. The standard InChI is InChI=1S/C12H23NO/c1-8-6-12(10(8)3)13-11-4-5-14-9(2)7-11/h8-13H,4-7H2,1-3H3. The van der Waals surface area contributed by atoms with Crippen molar-refractivity contribution >= 4 is 0 Å². The lowest BCUT2D eigenvalue weighted by Gasteiger charge is -2.44. The summed E-state index contributed by atoms with van der Waals surface area (Å²) in [4.78, 5) is 0. The van der Waals surface area contributed by atoms with E-state index in [0.717, 1.165) is 24.5 Å². The zero-order valence-electron chi connectivity index (χ0n) is 9.62. The first-order valence-electron chi connectivity index (χ1n) is 6.04. The molecule has 0 bridgehead atoms. The Morgan fingerprint density at radius 1 is 1.14 bits per heavy atom. The molecular formula is C12H23NO. The molecule has 1 saturated heterocycles. The molecule has 0 radical (unpaired) electrons. The summed E-state index contributed by atoms with van der Waals surface area (Å²) in [7, 11) is 0. The second kappa shape index (κ2) is 4.19. The van der Waals surface area contributed by atoms with Gasteiger partial charge in [-0.3, -0.25) is 0 Å². The van der Waals surface area contributed by atoms with Crippen LogP contribution in [0.15, 0.2) is 0 Å². The Balaban J connectivity index is 1.75. The van der Waals surface area contributed by atoms with Gasteiger partial charge in [0.15, 0.2) is 0 Å². The van der Waals surface area contributed by atoms with E-state index >= 15 is 0 Å². The van der Waals surface area contributed by atoms with E-state index in [-0.39, 0.29) is 0 Å². The van der Waals surface area contributed by atoms with Crippen LogP contribution in [0.1, 0.15) is 40.0 Å². The molecule has 0 aromatic carbocycles. The van der Waals surface area contributed by atoms with Crippen LogP contribution in [0.3, 0.4) is 0 Å². The van der Waals surface area contributed by atoms with Crippen LogP contribution < -0.4 is 5.32 Å². The first-order valence-corrected chi connectivity index (χ1v) is 6.04. The molecule has 0 spiro atoms. The van der Waals surface area contributed by atoms with E-state index in [1.807, 2.05) is 0 Å². The van der Waals surface area contributed by atoms with Gasteiger partial charge in [0.1, 0.15) is 0 Å². The molecule has 1 heterocycles. The Bertz CT molecular complexity index is 195. The number of hydrogen-bond donors (Lipinski definition) is 1. The SMILES string of the molecule is CC1CC(NC2CC(C)C2C)CCO1. The molecule has 0 aromatic rings. The molecule has 2 heteroatoms. The molecule has 5 unspecified atom stereocenters. The molecule has 2 fully saturated rings. The summed E-state index contributed by atoms with van der Waals surface area (Å²) >= 11 is 0. The summed E-state index contributed by atoms with van der Waals surface area (Å²) in [6.45, 7) is 7.85. The van der Waals surface area contributed by atoms with E-state index in [4.69, 9.17) is 4.74 Å². The average molecular weight is 197 g/mol. The van der Waals surface area contributed by atoms with Gasteiger partial charge in [0.25, 0.3) is 0 Å². The lowest BCUT2D eigenvalue weighted by Crippen LogP contribution is -2.53. The summed E-state index contributed by atoms with van der Waals surface area (Å²) in [6.07, 6.45) is 4.21. The van der Waals surface area contributed by atoms with Crippen molar-refractivity contribution < 1.29 is 4.74 Å². The van der Waals surface area contributed by atoms with Crippen LogP contribution >= 0.6 is 0 Å². The van der Waals surface area contributed by atoms with Crippen LogP contribution in [-0.2, 0) is 4.74 Å². The molecule has 0 aromatic heterocycles. The largest absolute Gasteiger partial charge is 0.378 e. The second-order valence-corrected chi connectivity index (χ2v) is 5.25. The van der Waals surface area contributed by atoms with Crippen LogP contribution in [0, 0.1) is 11.8 Å². The van der Waals surface area contributed by atoms with Crippen LogP contribution in [0.2, 0.25) is 0 Å². The molecule has 2 aliphatic rings. The third-order valence-corrected chi connectivity index (χ3v) is 4.09. The minimum Gasteiger partial charge on any atom is -0.378 e. The van der Waals surface area contributed by atoms with Crippen LogP contribution in [-0.4, -0.2) is 24.8 Å². The first-order chi connectivity index (χ1) is 6.66. The van der Waals surface area contributed by atoms with Crippen molar-refractivity contribution in [3.63, 3.8) is 0 Å². The molecule has 2 nitrogen and oxygen atoms in total. The fourth-order valence-corrected chi connectivity index (χ4v) is 2.70. The van der Waals surface area contributed by atoms with E-state index in [9.17, 15) is 0 Å². The topological polar surface area (TPSA) is 21.3 Å². The lowest BCUT2D eigenvalue weighted by molar-refractivity contribution is 0.00220. The number of ether oxygens (including phenoxy) is 1. The summed E-state index contributed by atoms with van der Waals surface area (Å²) in [5.74, 6) is 1.79. The Labute approximate surface area is 87.4 Å². The fraction of sp³-hybridized carbons (Fsp3) is 1.00. The Hall–Kier alpha value is -0.0800. The van der Waals surface area contributed by atoms with Gasteiger partial charge in [-0.1, -0.05) is 13.8 Å². The highest BCUT2D eigenvalue weighted by atomic mass is 16.5. The van der Waals surface area contributed by atoms with E-state index in [0.29, 0.717) is 12.1 Å². The van der Waals surface area contributed by atoms with E-state index in [1.165, 1.54) is 19.3 Å². The van der Waals surface area contributed by atoms with Gasteiger partial charge in [0.05, 0.1) is 6.10 Å². The molecule has 0 amide bonds. The van der Waals surface area contributed by atoms with Crippen molar-refractivity contribution in [2.45, 2.75) is 58.2 Å². The molecule has 1 saturated carbocycles. The normalized spacial score (nSPS) is 48.6. The van der Waals surface area contributed by atoms with E-state index < -0.39 is 0 Å². The highest BCUT2D eigenvalue weighted by Crippen LogP contribution is 2.34. The summed E-state index contributed by atoms with van der Waals surface area (Å²) in [5.41, 5.74) is 0. The number of rotatable bonds is 2. The minimum absolute atomic E-state index is 0.453. The monoisotopic (exact) mass is 197 g/mol. The van der Waals surface area contributed by atoms with Gasteiger partial charge in [0, 0.05) is 18.7 Å². The third kappa shape index (κ3) is 2.12. The van der Waals surface area contributed by atoms with Crippen LogP contribution in [0.5, 0.6) is 0 Å². The molecule has 14 heavy (non-hydrogen) atoms. The summed E-state index contributed by atoms with van der Waals surface area (Å²) in [5, 5.41) is 3.79. The van der Waals surface area contributed by atoms with Gasteiger partial charge in [-0.2, -0.15) is 0 Å². The maximum Gasteiger partial charge on any atom is 0.0561 e. The van der Waals surface area contributed by atoms with Crippen molar-refractivity contribution in [3.05, 3.63) is 0 Å². The predicted octanol–water partition coefficient (Wildman–Crippen LogP) is 2.19. The van der Waals surface area contributed by atoms with Gasteiger partial charge in [-0.15, -0.1) is 0 Å². The Kier molecular flexibility index (Phi) is 3.13. The van der Waals surface area contributed by atoms with Crippen LogP contribution in [0.4, 0.5) is 0 Å². The van der Waals surface area contributed by atoms with Crippen molar-refractivity contribution in [2.24, 2.45) is 11.8 Å². The molecule has 1 N–H and O–H groups in total. The third-order valence-electron chi connectivity index (χ3n) is 4.09. The van der Waals surface area contributed by atoms with Crippen molar-refractivity contribution in [1.29, 1.82) is 0 Å². The molecule has 2 rings (SSSR count). The van der Waals surface area contributed by atoms with Crippen LogP contribution in [0.25, 0.3) is 0 Å². The molecule has 1 aliphatic carbocycles. The predicted molar refractivity (Wildman–Crippen MR) is 58.3 cm³/mol. The molecular weight excluding hydrogens is 174 g/mol. The quantitative estimate of drug-likeness (QED) is 0.732. The van der Waals surface area contributed by atoms with Crippen molar-refractivity contribution in [1.82, 2.24) is 5.32 Å². The van der Waals surface area contributed by atoms with Gasteiger partial charge < -0.3 is 10.1 Å². The fourth-order valence-electron chi connectivity index (χ4n) is 2.70. The highest BCUT2D eigenvalue weighted by Gasteiger charge is 2.35. The van der Waals surface area contributed by atoms with Gasteiger partial charge in [-0.05, 0) is 38.0 Å². The maximum absolute atomic E-state index is 5.55. The van der Waals surface area contributed by atoms with Gasteiger partial charge >= 0.3 is 0 Å². The van der Waals surface area contributed by atoms with Gasteiger partial charge in [0.2, 0.25) is 0 Å². The summed E-state index contributed by atoms with van der Waals surface area (Å²) in [6, 6.07) is 1.49. The molecule has 1 aliphatic heterocycles. The van der Waals surface area contributed by atoms with Crippen molar-refractivity contribution in [3.8, 4) is 0 Å². The highest BCUT2D eigenvalue weighted by molar-refractivity contribution is 4.92. The second-order valence-electron chi connectivity index (χ2n) is 5.25. The minimum atomic E-state index is 0.453. The van der Waals surface area contributed by atoms with Gasteiger partial charge in [-0.25, -0.2) is 0 Å². The maximum atomic E-state index is 5.55. The molecule has 82 valence electrons. The average Bonchev–Trinajstić information content (AvgIpc) is 2.17. The number of hydrogen-bond acceptors (Lipinski definition) is 2. The van der Waals surface area contributed by atoms with E-state index in [1.54, 1.807) is 0 Å². The first kappa shape index (κ1) is 10.4. The van der Waals surface area contributed by atoms with E-state index in [2.05, 4.69) is 26.1 Å².